The first-order valence-corrected chi connectivity index (χ1v) is 11.9. The number of alkyl halides is 2. The maximum atomic E-state index is 13.3. The predicted molar refractivity (Wildman–Crippen MR) is 133 cm³/mol. The van der Waals surface area contributed by atoms with Gasteiger partial charge in [0.15, 0.2) is 0 Å². The van der Waals surface area contributed by atoms with Gasteiger partial charge in [-0.15, -0.1) is 0 Å². The lowest BCUT2D eigenvalue weighted by Crippen LogP contribution is -2.39. The molecule has 6 heteroatoms. The summed E-state index contributed by atoms with van der Waals surface area (Å²) in [5.74, 6) is 1.19. The fourth-order valence-electron chi connectivity index (χ4n) is 4.31. The van der Waals surface area contributed by atoms with Gasteiger partial charge in [-0.2, -0.15) is 8.78 Å². The number of rotatable bonds is 8. The summed E-state index contributed by atoms with van der Waals surface area (Å²) in [5, 5.41) is 3.24. The first kappa shape index (κ1) is 25.2. The summed E-state index contributed by atoms with van der Waals surface area (Å²) in [6, 6.07) is 5.71. The summed E-state index contributed by atoms with van der Waals surface area (Å²) < 4.78 is 31.7. The molecule has 2 unspecified atom stereocenters. The summed E-state index contributed by atoms with van der Waals surface area (Å²) in [6.07, 6.45) is 7.93. The topological polar surface area (TPSA) is 36.9 Å². The molecule has 1 aromatic carbocycles. The number of hydrogen-bond acceptors (Lipinski definition) is 4. The molecule has 2 atom stereocenters. The van der Waals surface area contributed by atoms with Crippen LogP contribution in [0, 0.1) is 11.8 Å². The Morgan fingerprint density at radius 3 is 2.58 bits per heavy atom. The lowest BCUT2D eigenvalue weighted by Gasteiger charge is -2.30. The molecule has 2 heterocycles. The number of hydrogen-bond donors (Lipinski definition) is 1. The van der Waals surface area contributed by atoms with Crippen LogP contribution in [-0.2, 0) is 0 Å². The Hall–Kier alpha value is -2.47. The second-order valence-electron chi connectivity index (χ2n) is 9.06. The van der Waals surface area contributed by atoms with Crippen molar-refractivity contribution in [1.82, 2.24) is 5.32 Å². The van der Waals surface area contributed by atoms with Gasteiger partial charge in [-0.1, -0.05) is 39.8 Å². The van der Waals surface area contributed by atoms with Crippen LogP contribution < -0.4 is 15.0 Å². The molecule has 4 nitrogen and oxygen atoms in total. The van der Waals surface area contributed by atoms with Crippen LogP contribution in [0.4, 0.5) is 14.5 Å². The van der Waals surface area contributed by atoms with Crippen molar-refractivity contribution in [2.45, 2.75) is 60.0 Å². The van der Waals surface area contributed by atoms with Gasteiger partial charge in [0.25, 0.3) is 0 Å². The number of nitrogens with zero attached hydrogens (tertiary/aromatic N) is 2. The summed E-state index contributed by atoms with van der Waals surface area (Å²) in [5.41, 5.74) is 6.08. The van der Waals surface area contributed by atoms with Crippen molar-refractivity contribution in [3.05, 3.63) is 59.0 Å². The van der Waals surface area contributed by atoms with Crippen molar-refractivity contribution >= 4 is 11.4 Å². The van der Waals surface area contributed by atoms with Crippen molar-refractivity contribution in [2.75, 3.05) is 25.0 Å². The second kappa shape index (κ2) is 11.1. The van der Waals surface area contributed by atoms with Gasteiger partial charge in [-0.25, -0.2) is 0 Å². The molecule has 0 saturated carbocycles. The van der Waals surface area contributed by atoms with Gasteiger partial charge in [-0.3, -0.25) is 4.99 Å². The second-order valence-corrected chi connectivity index (χ2v) is 9.06. The normalized spacial score (nSPS) is 23.2. The molecule has 2 aliphatic heterocycles. The highest BCUT2D eigenvalue weighted by molar-refractivity contribution is 6.01. The van der Waals surface area contributed by atoms with Crippen molar-refractivity contribution in [1.29, 1.82) is 0 Å². The zero-order chi connectivity index (χ0) is 24.1. The highest BCUT2D eigenvalue weighted by atomic mass is 19.3. The van der Waals surface area contributed by atoms with Crippen LogP contribution >= 0.6 is 0 Å². The largest absolute Gasteiger partial charge is 0.433 e. The van der Waals surface area contributed by atoms with Crippen molar-refractivity contribution in [2.24, 2.45) is 16.8 Å². The van der Waals surface area contributed by atoms with Gasteiger partial charge in [0.05, 0.1) is 5.69 Å². The Labute approximate surface area is 197 Å². The van der Waals surface area contributed by atoms with Crippen LogP contribution in [0.5, 0.6) is 5.75 Å². The van der Waals surface area contributed by atoms with E-state index >= 15 is 0 Å². The number of ether oxygens (including phenoxy) is 1. The Bertz CT molecular complexity index is 960. The first-order chi connectivity index (χ1) is 15.8. The van der Waals surface area contributed by atoms with Crippen LogP contribution in [-0.4, -0.2) is 32.5 Å². The van der Waals surface area contributed by atoms with Crippen molar-refractivity contribution in [3.8, 4) is 5.75 Å². The lowest BCUT2D eigenvalue weighted by atomic mass is 9.85. The van der Waals surface area contributed by atoms with Gasteiger partial charge in [0, 0.05) is 43.7 Å². The molecule has 1 N–H and O–H groups in total. The number of nitrogens with one attached hydrogen (secondary N) is 1. The third kappa shape index (κ3) is 5.72. The highest BCUT2D eigenvalue weighted by Crippen LogP contribution is 2.37. The quantitative estimate of drug-likeness (QED) is 0.473. The summed E-state index contributed by atoms with van der Waals surface area (Å²) in [7, 11) is 1.93. The molecule has 3 rings (SSSR count). The number of aliphatic imine (C=N–C) groups is 1. The molecular weight excluding hydrogens is 420 g/mol. The van der Waals surface area contributed by atoms with Crippen LogP contribution in [0.15, 0.2) is 58.4 Å². The van der Waals surface area contributed by atoms with E-state index in [1.165, 1.54) is 11.1 Å². The molecule has 0 amide bonds. The average molecular weight is 458 g/mol. The number of halogens is 2. The molecule has 0 spiro atoms. The maximum absolute atomic E-state index is 13.3. The van der Waals surface area contributed by atoms with Crippen LogP contribution in [0.25, 0.3) is 0 Å². The van der Waals surface area contributed by atoms with Crippen LogP contribution in [0.1, 0.15) is 58.9 Å². The molecule has 0 radical (unpaired) electrons. The SMILES string of the molecule is CCC1=NC=CC(C)C(C)/C1=C/C(=C(C)CC)N(C)c1ccc(C2CNC2)cc1OC(F)F. The van der Waals surface area contributed by atoms with Crippen molar-refractivity contribution < 1.29 is 13.5 Å². The van der Waals surface area contributed by atoms with Gasteiger partial charge in [-0.05, 0) is 66.5 Å². The Kier molecular flexibility index (Phi) is 8.46. The fourth-order valence-corrected chi connectivity index (χ4v) is 4.31. The molecule has 1 aromatic rings. The maximum Gasteiger partial charge on any atom is 0.387 e. The first-order valence-electron chi connectivity index (χ1n) is 11.9. The molecule has 1 saturated heterocycles. The van der Waals surface area contributed by atoms with Gasteiger partial charge >= 0.3 is 6.61 Å². The van der Waals surface area contributed by atoms with E-state index in [0.717, 1.165) is 42.9 Å². The molecule has 0 bridgehead atoms. The Balaban J connectivity index is 2.07. The zero-order valence-corrected chi connectivity index (χ0v) is 20.7. The minimum atomic E-state index is -2.88. The molecule has 2 aliphatic rings. The minimum absolute atomic E-state index is 0.213. The van der Waals surface area contributed by atoms with E-state index in [2.05, 4.69) is 52.1 Å². The van der Waals surface area contributed by atoms with E-state index in [4.69, 9.17) is 9.73 Å². The zero-order valence-electron chi connectivity index (χ0n) is 20.7. The molecular formula is C27H37F2N3O. The lowest BCUT2D eigenvalue weighted by molar-refractivity contribution is -0.0495. The van der Waals surface area contributed by atoms with Crippen molar-refractivity contribution in [3.63, 3.8) is 0 Å². The molecule has 180 valence electrons. The van der Waals surface area contributed by atoms with E-state index in [1.54, 1.807) is 6.07 Å². The van der Waals surface area contributed by atoms with E-state index in [1.807, 2.05) is 30.3 Å². The van der Waals surface area contributed by atoms with Gasteiger partial charge in [0.1, 0.15) is 5.75 Å². The Morgan fingerprint density at radius 1 is 1.27 bits per heavy atom. The summed E-state index contributed by atoms with van der Waals surface area (Å²) in [4.78, 5) is 6.68. The predicted octanol–water partition coefficient (Wildman–Crippen LogP) is 6.67. The molecule has 0 aromatic heterocycles. The average Bonchev–Trinajstić information content (AvgIpc) is 2.88. The monoisotopic (exact) mass is 457 g/mol. The third-order valence-corrected chi connectivity index (χ3v) is 7.00. The van der Waals surface area contributed by atoms with Crippen LogP contribution in [0.3, 0.4) is 0 Å². The molecule has 33 heavy (non-hydrogen) atoms. The highest BCUT2D eigenvalue weighted by Gasteiger charge is 2.25. The van der Waals surface area contributed by atoms with E-state index in [0.29, 0.717) is 23.4 Å². The van der Waals surface area contributed by atoms with Gasteiger partial charge < -0.3 is 15.0 Å². The number of likely N-dealkylation sites (N-methyl/N-ethyl adjacent to an activating group) is 1. The standard InChI is InChI=1S/C27H37F2N3O/c1-7-17(3)25(14-22-19(5)18(4)11-12-31-23(22)8-2)32(6)24-10-9-20(21-15-30-16-21)13-26(24)33-27(28)29/h9-14,18-19,21,27,30H,7-8,15-16H2,1-6H3/b22-14-,25-17?. The number of anilines is 1. The Morgan fingerprint density at radius 2 is 2.00 bits per heavy atom. The molecule has 1 fully saturated rings. The summed E-state index contributed by atoms with van der Waals surface area (Å²) in [6.45, 7) is 9.59. The minimum Gasteiger partial charge on any atom is -0.433 e. The fraction of sp³-hybridized carbons (Fsp3) is 0.519. The molecule has 0 aliphatic carbocycles. The van der Waals surface area contributed by atoms with E-state index in [9.17, 15) is 8.78 Å². The van der Waals surface area contributed by atoms with Crippen LogP contribution in [0.2, 0.25) is 0 Å². The van der Waals surface area contributed by atoms with E-state index < -0.39 is 6.61 Å². The smallest absolute Gasteiger partial charge is 0.387 e. The van der Waals surface area contributed by atoms with Gasteiger partial charge in [0.2, 0.25) is 0 Å². The summed E-state index contributed by atoms with van der Waals surface area (Å²) >= 11 is 0. The number of benzene rings is 1. The number of allylic oxidation sites excluding steroid dienone is 4. The third-order valence-electron chi connectivity index (χ3n) is 7.00. The van der Waals surface area contributed by atoms with E-state index in [-0.39, 0.29) is 5.75 Å².